The number of rotatable bonds is 3. The predicted molar refractivity (Wildman–Crippen MR) is 72.2 cm³/mol. The summed E-state index contributed by atoms with van der Waals surface area (Å²) in [6, 6.07) is 0. The Balaban J connectivity index is 2.10. The zero-order chi connectivity index (χ0) is 13.2. The molecule has 3 heteroatoms. The maximum Gasteiger partial charge on any atom is 0.128 e. The number of alkyl halides is 1. The van der Waals surface area contributed by atoms with Gasteiger partial charge in [-0.3, -0.25) is 0 Å². The topological polar surface area (TPSA) is 35.2 Å². The lowest BCUT2D eigenvalue weighted by Gasteiger charge is -2.48. The molecule has 106 valence electrons. The monoisotopic (exact) mass is 257 g/mol. The Kier molecular flexibility index (Phi) is 4.32. The van der Waals surface area contributed by atoms with Crippen LogP contribution in [0.5, 0.6) is 0 Å². The van der Waals surface area contributed by atoms with Gasteiger partial charge in [-0.1, -0.05) is 33.1 Å². The van der Waals surface area contributed by atoms with Gasteiger partial charge in [-0.05, 0) is 37.5 Å². The van der Waals surface area contributed by atoms with Gasteiger partial charge in [-0.25, -0.2) is 4.39 Å². The standard InChI is InChI=1S/C15H28FNO/c1-12(2)15(16,11-17)13-6-9-18-14(10-13)7-4-3-5-8-14/h12-13H,3-11,17H2,1-2H3. The molecule has 2 fully saturated rings. The molecule has 2 N–H and O–H groups in total. The van der Waals surface area contributed by atoms with Crippen LogP contribution in [-0.4, -0.2) is 24.4 Å². The van der Waals surface area contributed by atoms with Gasteiger partial charge in [0.05, 0.1) is 5.60 Å². The first-order valence-electron chi connectivity index (χ1n) is 7.55. The number of nitrogens with two attached hydrogens (primary N) is 1. The molecule has 0 aromatic rings. The third-order valence-corrected chi connectivity index (χ3v) is 5.21. The first-order chi connectivity index (χ1) is 8.52. The fourth-order valence-electron chi connectivity index (χ4n) is 3.86. The molecule has 0 radical (unpaired) electrons. The van der Waals surface area contributed by atoms with Crippen LogP contribution in [-0.2, 0) is 4.74 Å². The predicted octanol–water partition coefficient (Wildman–Crippen LogP) is 3.44. The Morgan fingerprint density at radius 2 is 2.00 bits per heavy atom. The average molecular weight is 257 g/mol. The van der Waals surface area contributed by atoms with Crippen LogP contribution >= 0.6 is 0 Å². The molecular weight excluding hydrogens is 229 g/mol. The van der Waals surface area contributed by atoms with Crippen LogP contribution in [0.4, 0.5) is 4.39 Å². The lowest BCUT2D eigenvalue weighted by molar-refractivity contribution is -0.146. The lowest BCUT2D eigenvalue weighted by Crippen LogP contribution is -2.52. The summed E-state index contributed by atoms with van der Waals surface area (Å²) in [5, 5.41) is 0. The van der Waals surface area contributed by atoms with Crippen LogP contribution in [0, 0.1) is 11.8 Å². The van der Waals surface area contributed by atoms with E-state index in [1.54, 1.807) is 0 Å². The van der Waals surface area contributed by atoms with Gasteiger partial charge in [0.25, 0.3) is 0 Å². The van der Waals surface area contributed by atoms with Crippen LogP contribution in [0.25, 0.3) is 0 Å². The molecule has 2 aliphatic rings. The molecule has 0 amide bonds. The van der Waals surface area contributed by atoms with E-state index >= 15 is 4.39 Å². The Morgan fingerprint density at radius 1 is 1.33 bits per heavy atom. The molecule has 1 saturated heterocycles. The molecule has 0 bridgehead atoms. The van der Waals surface area contributed by atoms with E-state index in [1.165, 1.54) is 19.3 Å². The molecule has 18 heavy (non-hydrogen) atoms. The van der Waals surface area contributed by atoms with Gasteiger partial charge in [-0.15, -0.1) is 0 Å². The van der Waals surface area contributed by atoms with E-state index in [0.29, 0.717) is 6.61 Å². The van der Waals surface area contributed by atoms with E-state index in [2.05, 4.69) is 0 Å². The largest absolute Gasteiger partial charge is 0.375 e. The summed E-state index contributed by atoms with van der Waals surface area (Å²) in [6.45, 7) is 4.76. The van der Waals surface area contributed by atoms with Crippen molar-refractivity contribution in [2.45, 2.75) is 70.1 Å². The second-order valence-electron chi connectivity index (χ2n) is 6.57. The minimum Gasteiger partial charge on any atom is -0.375 e. The molecule has 2 atom stereocenters. The van der Waals surface area contributed by atoms with Crippen molar-refractivity contribution < 1.29 is 9.13 Å². The number of hydrogen-bond donors (Lipinski definition) is 1. The molecule has 2 nitrogen and oxygen atoms in total. The highest BCUT2D eigenvalue weighted by Gasteiger charge is 2.48. The van der Waals surface area contributed by atoms with Gasteiger partial charge in [0.1, 0.15) is 5.67 Å². The fraction of sp³-hybridized carbons (Fsp3) is 1.00. The second kappa shape index (κ2) is 5.46. The van der Waals surface area contributed by atoms with Crippen LogP contribution in [0.1, 0.15) is 58.8 Å². The molecular formula is C15H28FNO. The molecule has 0 aromatic carbocycles. The van der Waals surface area contributed by atoms with Crippen LogP contribution in [0.15, 0.2) is 0 Å². The summed E-state index contributed by atoms with van der Waals surface area (Å²) in [4.78, 5) is 0. The molecule has 0 aromatic heterocycles. The first-order valence-corrected chi connectivity index (χ1v) is 7.55. The van der Waals surface area contributed by atoms with Crippen molar-refractivity contribution in [2.75, 3.05) is 13.2 Å². The summed E-state index contributed by atoms with van der Waals surface area (Å²) in [6.07, 6.45) is 7.70. The van der Waals surface area contributed by atoms with Crippen molar-refractivity contribution >= 4 is 0 Å². The van der Waals surface area contributed by atoms with Crippen molar-refractivity contribution in [3.05, 3.63) is 0 Å². The lowest BCUT2D eigenvalue weighted by atomic mass is 9.68. The smallest absolute Gasteiger partial charge is 0.128 e. The maximum absolute atomic E-state index is 15.1. The molecule has 2 unspecified atom stereocenters. The number of ether oxygens (including phenoxy) is 1. The van der Waals surface area contributed by atoms with E-state index in [-0.39, 0.29) is 24.0 Å². The number of hydrogen-bond acceptors (Lipinski definition) is 2. The Labute approximate surface area is 110 Å². The summed E-state index contributed by atoms with van der Waals surface area (Å²) in [7, 11) is 0. The highest BCUT2D eigenvalue weighted by atomic mass is 19.1. The molecule has 1 aliphatic carbocycles. The minimum atomic E-state index is -1.21. The van der Waals surface area contributed by atoms with E-state index in [9.17, 15) is 0 Å². The summed E-state index contributed by atoms with van der Waals surface area (Å²) < 4.78 is 21.1. The van der Waals surface area contributed by atoms with Gasteiger partial charge in [0, 0.05) is 13.2 Å². The summed E-state index contributed by atoms with van der Waals surface area (Å²) in [5.41, 5.74) is 4.50. The molecule has 1 saturated carbocycles. The van der Waals surface area contributed by atoms with E-state index in [1.807, 2.05) is 13.8 Å². The van der Waals surface area contributed by atoms with Gasteiger partial charge in [0.2, 0.25) is 0 Å². The molecule has 1 heterocycles. The minimum absolute atomic E-state index is 0.00811. The Morgan fingerprint density at radius 3 is 2.56 bits per heavy atom. The highest BCUT2D eigenvalue weighted by Crippen LogP contribution is 2.46. The van der Waals surface area contributed by atoms with Gasteiger partial charge < -0.3 is 10.5 Å². The Bertz CT molecular complexity index is 270. The third-order valence-electron chi connectivity index (χ3n) is 5.21. The molecule has 2 rings (SSSR count). The molecule has 1 aliphatic heterocycles. The number of halogens is 1. The van der Waals surface area contributed by atoms with Gasteiger partial charge in [0.15, 0.2) is 0 Å². The fourth-order valence-corrected chi connectivity index (χ4v) is 3.86. The maximum atomic E-state index is 15.1. The van der Waals surface area contributed by atoms with Crippen molar-refractivity contribution in [3.63, 3.8) is 0 Å². The Hall–Kier alpha value is -0.150. The van der Waals surface area contributed by atoms with Crippen molar-refractivity contribution in [2.24, 2.45) is 17.6 Å². The second-order valence-corrected chi connectivity index (χ2v) is 6.57. The normalized spacial score (nSPS) is 31.5. The SMILES string of the molecule is CC(C)C(F)(CN)C1CCOC2(CCCCC2)C1. The summed E-state index contributed by atoms with van der Waals surface area (Å²) in [5.74, 6) is 0.0700. The first kappa shape index (κ1) is 14.3. The third kappa shape index (κ3) is 2.57. The van der Waals surface area contributed by atoms with E-state index in [4.69, 9.17) is 10.5 Å². The zero-order valence-corrected chi connectivity index (χ0v) is 11.9. The van der Waals surface area contributed by atoms with Crippen molar-refractivity contribution in [1.29, 1.82) is 0 Å². The van der Waals surface area contributed by atoms with Gasteiger partial charge in [-0.2, -0.15) is 0 Å². The molecule has 1 spiro atoms. The van der Waals surface area contributed by atoms with Crippen molar-refractivity contribution in [1.82, 2.24) is 0 Å². The van der Waals surface area contributed by atoms with Crippen LogP contribution in [0.2, 0.25) is 0 Å². The quantitative estimate of drug-likeness (QED) is 0.840. The highest BCUT2D eigenvalue weighted by molar-refractivity contribution is 4.98. The van der Waals surface area contributed by atoms with Crippen LogP contribution < -0.4 is 5.73 Å². The summed E-state index contributed by atoms with van der Waals surface area (Å²) >= 11 is 0. The van der Waals surface area contributed by atoms with Crippen LogP contribution in [0.3, 0.4) is 0 Å². The average Bonchev–Trinajstić information content (AvgIpc) is 2.38. The van der Waals surface area contributed by atoms with E-state index < -0.39 is 5.67 Å². The zero-order valence-electron chi connectivity index (χ0n) is 11.9. The van der Waals surface area contributed by atoms with E-state index in [0.717, 1.165) is 25.7 Å². The van der Waals surface area contributed by atoms with Crippen molar-refractivity contribution in [3.8, 4) is 0 Å². The van der Waals surface area contributed by atoms with Gasteiger partial charge >= 0.3 is 0 Å².